The SMILES string of the molecule is O=C(O)/C=C(/c1ccc(Br)s1)C1CCCC1. The van der Waals surface area contributed by atoms with Gasteiger partial charge < -0.3 is 5.11 Å². The Bertz CT molecular complexity index is 416. The maximum atomic E-state index is 10.9. The Morgan fingerprint density at radius 3 is 2.62 bits per heavy atom. The van der Waals surface area contributed by atoms with E-state index in [9.17, 15) is 4.79 Å². The quantitative estimate of drug-likeness (QED) is 0.851. The highest BCUT2D eigenvalue weighted by molar-refractivity contribution is 9.11. The van der Waals surface area contributed by atoms with Crippen molar-refractivity contribution in [1.29, 1.82) is 0 Å². The van der Waals surface area contributed by atoms with Gasteiger partial charge in [-0.25, -0.2) is 4.79 Å². The molecule has 4 heteroatoms. The summed E-state index contributed by atoms with van der Waals surface area (Å²) in [6.45, 7) is 0. The number of halogens is 1. The van der Waals surface area contributed by atoms with Crippen LogP contribution in [0.3, 0.4) is 0 Å². The van der Waals surface area contributed by atoms with Gasteiger partial charge in [0, 0.05) is 11.0 Å². The molecule has 1 aliphatic rings. The summed E-state index contributed by atoms with van der Waals surface area (Å²) in [6.07, 6.45) is 6.06. The van der Waals surface area contributed by atoms with E-state index in [2.05, 4.69) is 15.9 Å². The lowest BCUT2D eigenvalue weighted by atomic mass is 9.96. The van der Waals surface area contributed by atoms with Crippen molar-refractivity contribution < 1.29 is 9.90 Å². The van der Waals surface area contributed by atoms with Gasteiger partial charge in [-0.2, -0.15) is 0 Å². The molecule has 16 heavy (non-hydrogen) atoms. The fraction of sp³-hybridized carbons (Fsp3) is 0.417. The van der Waals surface area contributed by atoms with Crippen LogP contribution in [0.15, 0.2) is 22.0 Å². The van der Waals surface area contributed by atoms with Crippen molar-refractivity contribution >= 4 is 38.8 Å². The van der Waals surface area contributed by atoms with Crippen LogP contribution in [0.25, 0.3) is 5.57 Å². The number of hydrogen-bond acceptors (Lipinski definition) is 2. The number of allylic oxidation sites excluding steroid dienone is 1. The van der Waals surface area contributed by atoms with Crippen LogP contribution < -0.4 is 0 Å². The van der Waals surface area contributed by atoms with Crippen LogP contribution in [-0.2, 0) is 4.79 Å². The normalized spacial score (nSPS) is 17.9. The summed E-state index contributed by atoms with van der Waals surface area (Å²) in [6, 6.07) is 3.98. The average molecular weight is 301 g/mol. The molecule has 0 amide bonds. The minimum atomic E-state index is -0.841. The van der Waals surface area contributed by atoms with E-state index >= 15 is 0 Å². The molecule has 0 saturated heterocycles. The molecular weight excluding hydrogens is 288 g/mol. The first kappa shape index (κ1) is 11.9. The number of thiophene rings is 1. The summed E-state index contributed by atoms with van der Waals surface area (Å²) in [5.74, 6) is -0.409. The van der Waals surface area contributed by atoms with Crippen molar-refractivity contribution in [2.45, 2.75) is 25.7 Å². The number of aliphatic carboxylic acids is 1. The van der Waals surface area contributed by atoms with E-state index in [4.69, 9.17) is 5.11 Å². The van der Waals surface area contributed by atoms with Gasteiger partial charge in [-0.05, 0) is 52.4 Å². The van der Waals surface area contributed by atoms with Gasteiger partial charge in [-0.15, -0.1) is 11.3 Å². The zero-order valence-electron chi connectivity index (χ0n) is 8.78. The highest BCUT2D eigenvalue weighted by atomic mass is 79.9. The lowest BCUT2D eigenvalue weighted by molar-refractivity contribution is -0.131. The molecule has 0 atom stereocenters. The van der Waals surface area contributed by atoms with Gasteiger partial charge in [-0.3, -0.25) is 0 Å². The Balaban J connectivity index is 2.30. The minimum Gasteiger partial charge on any atom is -0.478 e. The maximum absolute atomic E-state index is 10.9. The van der Waals surface area contributed by atoms with Crippen molar-refractivity contribution in [2.24, 2.45) is 5.92 Å². The monoisotopic (exact) mass is 300 g/mol. The van der Waals surface area contributed by atoms with Gasteiger partial charge in [-0.1, -0.05) is 12.8 Å². The lowest BCUT2D eigenvalue weighted by Gasteiger charge is -2.11. The second kappa shape index (κ2) is 5.15. The van der Waals surface area contributed by atoms with Crippen LogP contribution in [0.1, 0.15) is 30.6 Å². The second-order valence-electron chi connectivity index (χ2n) is 4.02. The van der Waals surface area contributed by atoms with Gasteiger partial charge in [0.05, 0.1) is 3.79 Å². The van der Waals surface area contributed by atoms with E-state index in [-0.39, 0.29) is 0 Å². The van der Waals surface area contributed by atoms with Crippen LogP contribution in [0, 0.1) is 5.92 Å². The fourth-order valence-electron chi connectivity index (χ4n) is 2.23. The van der Waals surface area contributed by atoms with E-state index in [0.717, 1.165) is 27.1 Å². The molecule has 0 aliphatic heterocycles. The zero-order chi connectivity index (χ0) is 11.5. The van der Waals surface area contributed by atoms with Crippen LogP contribution in [0.5, 0.6) is 0 Å². The largest absolute Gasteiger partial charge is 0.478 e. The van der Waals surface area contributed by atoms with E-state index in [1.54, 1.807) is 11.3 Å². The number of hydrogen-bond donors (Lipinski definition) is 1. The second-order valence-corrected chi connectivity index (χ2v) is 6.49. The van der Waals surface area contributed by atoms with Gasteiger partial charge in [0.15, 0.2) is 0 Å². The first-order valence-electron chi connectivity index (χ1n) is 5.37. The molecular formula is C12H13BrO2S. The molecule has 2 rings (SSSR count). The predicted molar refractivity (Wildman–Crippen MR) is 69.6 cm³/mol. The molecule has 0 bridgehead atoms. The van der Waals surface area contributed by atoms with Gasteiger partial charge >= 0.3 is 5.97 Å². The number of carbonyl (C=O) groups is 1. The fourth-order valence-corrected chi connectivity index (χ4v) is 3.71. The third kappa shape index (κ3) is 2.74. The summed E-state index contributed by atoms with van der Waals surface area (Å²) in [5, 5.41) is 8.93. The highest BCUT2D eigenvalue weighted by Gasteiger charge is 2.22. The molecule has 1 N–H and O–H groups in total. The molecule has 0 spiro atoms. The van der Waals surface area contributed by atoms with Gasteiger partial charge in [0.1, 0.15) is 0 Å². The zero-order valence-corrected chi connectivity index (χ0v) is 11.2. The molecule has 0 unspecified atom stereocenters. The average Bonchev–Trinajstić information content (AvgIpc) is 2.84. The molecule has 0 radical (unpaired) electrons. The van der Waals surface area contributed by atoms with Gasteiger partial charge in [0.2, 0.25) is 0 Å². The summed E-state index contributed by atoms with van der Waals surface area (Å²) in [4.78, 5) is 11.9. The van der Waals surface area contributed by atoms with Crippen molar-refractivity contribution in [3.63, 3.8) is 0 Å². The molecule has 0 aromatic carbocycles. The smallest absolute Gasteiger partial charge is 0.328 e. The summed E-state index contributed by atoms with van der Waals surface area (Å²) >= 11 is 5.03. The van der Waals surface area contributed by atoms with Crippen molar-refractivity contribution in [1.82, 2.24) is 0 Å². The summed E-state index contributed by atoms with van der Waals surface area (Å²) in [7, 11) is 0. The summed E-state index contributed by atoms with van der Waals surface area (Å²) < 4.78 is 1.05. The number of rotatable bonds is 3. The first-order valence-corrected chi connectivity index (χ1v) is 6.98. The molecule has 1 aliphatic carbocycles. The van der Waals surface area contributed by atoms with Crippen LogP contribution >= 0.6 is 27.3 Å². The van der Waals surface area contributed by atoms with Crippen LogP contribution in [0.2, 0.25) is 0 Å². The number of carboxylic acids is 1. The molecule has 1 fully saturated rings. The van der Waals surface area contributed by atoms with E-state index in [0.29, 0.717) is 5.92 Å². The predicted octanol–water partition coefficient (Wildman–Crippen LogP) is 4.17. The third-order valence-corrected chi connectivity index (χ3v) is 4.60. The Labute approximate surface area is 107 Å². The molecule has 2 nitrogen and oxygen atoms in total. The van der Waals surface area contributed by atoms with Crippen molar-refractivity contribution in [3.05, 3.63) is 26.9 Å². The topological polar surface area (TPSA) is 37.3 Å². The Hall–Kier alpha value is -0.610. The Morgan fingerprint density at radius 2 is 2.12 bits per heavy atom. The Morgan fingerprint density at radius 1 is 1.44 bits per heavy atom. The molecule has 86 valence electrons. The third-order valence-electron chi connectivity index (χ3n) is 2.93. The van der Waals surface area contributed by atoms with Crippen LogP contribution in [0.4, 0.5) is 0 Å². The number of carboxylic acid groups (broad SMARTS) is 1. The minimum absolute atomic E-state index is 0.432. The van der Waals surface area contributed by atoms with E-state index in [1.165, 1.54) is 18.9 Å². The van der Waals surface area contributed by atoms with E-state index in [1.807, 2.05) is 12.1 Å². The molecule has 1 heterocycles. The summed E-state index contributed by atoms with van der Waals surface area (Å²) in [5.41, 5.74) is 1.00. The van der Waals surface area contributed by atoms with E-state index < -0.39 is 5.97 Å². The van der Waals surface area contributed by atoms with Crippen molar-refractivity contribution in [3.8, 4) is 0 Å². The van der Waals surface area contributed by atoms with Crippen LogP contribution in [-0.4, -0.2) is 11.1 Å². The Kier molecular flexibility index (Phi) is 3.82. The standard InChI is InChI=1S/C12H13BrO2S/c13-11-6-5-10(16-11)9(7-12(14)15)8-3-1-2-4-8/h5-8H,1-4H2,(H,14,15)/b9-7+. The van der Waals surface area contributed by atoms with Crippen molar-refractivity contribution in [2.75, 3.05) is 0 Å². The molecule has 1 aromatic rings. The van der Waals surface area contributed by atoms with Gasteiger partial charge in [0.25, 0.3) is 0 Å². The first-order chi connectivity index (χ1) is 7.66. The highest BCUT2D eigenvalue weighted by Crippen LogP contribution is 2.39. The molecule has 1 aromatic heterocycles. The molecule has 1 saturated carbocycles. The lowest BCUT2D eigenvalue weighted by Crippen LogP contribution is -2.00. The maximum Gasteiger partial charge on any atom is 0.328 e.